The van der Waals surface area contributed by atoms with Crippen LogP contribution in [0.4, 0.5) is 0 Å². The van der Waals surface area contributed by atoms with Gasteiger partial charge in [0.1, 0.15) is 21.3 Å². The summed E-state index contributed by atoms with van der Waals surface area (Å²) in [6.07, 6.45) is -0.283. The minimum Gasteiger partial charge on any atom is -0.338 e. The first-order valence-corrected chi connectivity index (χ1v) is 8.51. The Morgan fingerprint density at radius 1 is 1.00 bits per heavy atom. The number of ether oxygens (including phenoxy) is 1. The van der Waals surface area contributed by atoms with E-state index < -0.39 is 10.8 Å². The average molecular weight is 307 g/mol. The topological polar surface area (TPSA) is 38.7 Å². The van der Waals surface area contributed by atoms with Crippen molar-refractivity contribution >= 4 is 15.8 Å². The zero-order valence-electron chi connectivity index (χ0n) is 13.7. The van der Waals surface area contributed by atoms with Gasteiger partial charge < -0.3 is 4.74 Å². The van der Waals surface area contributed by atoms with Crippen molar-refractivity contribution in [3.05, 3.63) is 35.9 Å². The number of aliphatic imine (C=N–C) groups is 1. The molecule has 21 heavy (non-hydrogen) atoms. The van der Waals surface area contributed by atoms with Gasteiger partial charge in [0.2, 0.25) is 0 Å². The molecule has 1 aliphatic heterocycles. The van der Waals surface area contributed by atoms with Crippen molar-refractivity contribution in [3.8, 4) is 0 Å². The Labute approximate surface area is 130 Å². The molecule has 116 valence electrons. The van der Waals surface area contributed by atoms with E-state index >= 15 is 0 Å². The van der Waals surface area contributed by atoms with Crippen molar-refractivity contribution in [1.82, 2.24) is 0 Å². The molecule has 3 atom stereocenters. The fourth-order valence-electron chi connectivity index (χ4n) is 2.15. The van der Waals surface area contributed by atoms with E-state index in [0.717, 1.165) is 5.56 Å². The lowest BCUT2D eigenvalue weighted by Crippen LogP contribution is -2.46. The summed E-state index contributed by atoms with van der Waals surface area (Å²) >= 11 is 0. The molecule has 0 amide bonds. The minimum atomic E-state index is -1.26. The zero-order chi connectivity index (χ0) is 15.8. The van der Waals surface area contributed by atoms with E-state index in [1.807, 2.05) is 30.3 Å². The second kappa shape index (κ2) is 5.65. The molecule has 0 aliphatic carbocycles. The maximum absolute atomic E-state index is 12.9. The van der Waals surface area contributed by atoms with Crippen LogP contribution in [-0.2, 0) is 15.5 Å². The molecule has 0 aromatic heterocycles. The molecule has 3 nitrogen and oxygen atoms in total. The minimum absolute atomic E-state index is 0.131. The molecule has 0 radical (unpaired) electrons. The van der Waals surface area contributed by atoms with E-state index in [0.29, 0.717) is 5.04 Å². The Morgan fingerprint density at radius 2 is 1.57 bits per heavy atom. The number of rotatable bonds is 1. The summed E-state index contributed by atoms with van der Waals surface area (Å²) in [7, 11) is -1.26. The lowest BCUT2D eigenvalue weighted by atomic mass is 9.93. The van der Waals surface area contributed by atoms with Gasteiger partial charge in [0, 0.05) is 16.4 Å². The SMILES string of the molecule is CC(C)(C)C1N=C(c2ccccc2)S(=O)C(C(C)(C)C)O1. The third-order valence-electron chi connectivity index (χ3n) is 3.34. The van der Waals surface area contributed by atoms with Crippen molar-refractivity contribution in [2.45, 2.75) is 53.2 Å². The maximum Gasteiger partial charge on any atom is 0.156 e. The summed E-state index contributed by atoms with van der Waals surface area (Å²) in [5, 5.41) is 0.654. The lowest BCUT2D eigenvalue weighted by Gasteiger charge is -2.40. The van der Waals surface area contributed by atoms with Gasteiger partial charge in [-0.25, -0.2) is 9.20 Å². The highest BCUT2D eigenvalue weighted by Gasteiger charge is 2.42. The van der Waals surface area contributed by atoms with Gasteiger partial charge in [-0.15, -0.1) is 0 Å². The van der Waals surface area contributed by atoms with Gasteiger partial charge >= 0.3 is 0 Å². The predicted molar refractivity (Wildman–Crippen MR) is 88.7 cm³/mol. The van der Waals surface area contributed by atoms with Crippen LogP contribution in [0.3, 0.4) is 0 Å². The van der Waals surface area contributed by atoms with Crippen LogP contribution in [0.1, 0.15) is 47.1 Å². The summed E-state index contributed by atoms with van der Waals surface area (Å²) in [6.45, 7) is 12.5. The van der Waals surface area contributed by atoms with Crippen molar-refractivity contribution < 1.29 is 8.95 Å². The smallest absolute Gasteiger partial charge is 0.156 e. The van der Waals surface area contributed by atoms with Crippen molar-refractivity contribution in [2.24, 2.45) is 15.8 Å². The quantitative estimate of drug-likeness (QED) is 0.788. The molecule has 0 fully saturated rings. The van der Waals surface area contributed by atoms with Crippen LogP contribution < -0.4 is 0 Å². The van der Waals surface area contributed by atoms with Crippen LogP contribution >= 0.6 is 0 Å². The first-order valence-electron chi connectivity index (χ1n) is 7.30. The Hall–Kier alpha value is -1.00. The first-order chi connectivity index (χ1) is 9.60. The van der Waals surface area contributed by atoms with Gasteiger partial charge in [-0.05, 0) is 0 Å². The van der Waals surface area contributed by atoms with Crippen LogP contribution in [0.15, 0.2) is 35.3 Å². The lowest BCUT2D eigenvalue weighted by molar-refractivity contribution is -0.0640. The molecular formula is C17H25NO2S. The third kappa shape index (κ3) is 3.61. The zero-order valence-corrected chi connectivity index (χ0v) is 14.5. The van der Waals surface area contributed by atoms with E-state index in [1.54, 1.807) is 0 Å². The second-order valence-corrected chi connectivity index (χ2v) is 9.06. The number of benzene rings is 1. The normalized spacial score (nSPS) is 27.3. The fourth-order valence-corrected chi connectivity index (χ4v) is 3.77. The monoisotopic (exact) mass is 307 g/mol. The van der Waals surface area contributed by atoms with E-state index in [2.05, 4.69) is 46.5 Å². The van der Waals surface area contributed by atoms with Crippen molar-refractivity contribution in [3.63, 3.8) is 0 Å². The molecule has 1 aliphatic rings. The van der Waals surface area contributed by atoms with E-state index in [-0.39, 0.29) is 22.5 Å². The first kappa shape index (κ1) is 16.4. The molecule has 0 saturated heterocycles. The van der Waals surface area contributed by atoms with Crippen LogP contribution in [0.5, 0.6) is 0 Å². The standard InChI is InChI=1S/C17H25NO2S/c1-16(2,3)14-18-13(12-10-8-7-9-11-12)21(19)15(20-14)17(4,5)6/h7-11,14-15H,1-6H3. The fraction of sp³-hybridized carbons (Fsp3) is 0.588. The molecule has 0 spiro atoms. The van der Waals surface area contributed by atoms with Gasteiger partial charge in [-0.2, -0.15) is 0 Å². The summed E-state index contributed by atoms with van der Waals surface area (Å²) in [5.74, 6) is 0. The van der Waals surface area contributed by atoms with Crippen LogP contribution in [0, 0.1) is 10.8 Å². The van der Waals surface area contributed by atoms with Gasteiger partial charge in [0.25, 0.3) is 0 Å². The highest BCUT2D eigenvalue weighted by Crippen LogP contribution is 2.36. The number of hydrogen-bond acceptors (Lipinski definition) is 3. The van der Waals surface area contributed by atoms with Crippen molar-refractivity contribution in [2.75, 3.05) is 0 Å². The average Bonchev–Trinajstić information content (AvgIpc) is 2.37. The molecule has 0 saturated carbocycles. The largest absolute Gasteiger partial charge is 0.338 e. The van der Waals surface area contributed by atoms with E-state index in [1.165, 1.54) is 0 Å². The number of hydrogen-bond donors (Lipinski definition) is 0. The molecule has 4 heteroatoms. The Morgan fingerprint density at radius 3 is 2.05 bits per heavy atom. The van der Waals surface area contributed by atoms with Crippen LogP contribution in [0.25, 0.3) is 0 Å². The highest BCUT2D eigenvalue weighted by atomic mass is 32.2. The molecule has 2 rings (SSSR count). The van der Waals surface area contributed by atoms with Gasteiger partial charge in [0.05, 0.1) is 0 Å². The maximum atomic E-state index is 12.9. The molecule has 1 aromatic rings. The summed E-state index contributed by atoms with van der Waals surface area (Å²) < 4.78 is 19.0. The highest BCUT2D eigenvalue weighted by molar-refractivity contribution is 8.01. The Bertz CT molecular complexity index is 552. The number of nitrogens with zero attached hydrogens (tertiary/aromatic N) is 1. The summed E-state index contributed by atoms with van der Waals surface area (Å²) in [6, 6.07) is 9.77. The molecule has 1 heterocycles. The molecule has 0 bridgehead atoms. The molecular weight excluding hydrogens is 282 g/mol. The third-order valence-corrected chi connectivity index (χ3v) is 5.27. The Balaban J connectivity index is 2.50. The molecule has 0 N–H and O–H groups in total. The van der Waals surface area contributed by atoms with Gasteiger partial charge in [-0.1, -0.05) is 71.9 Å². The van der Waals surface area contributed by atoms with Crippen LogP contribution in [0.2, 0.25) is 0 Å². The Kier molecular flexibility index (Phi) is 4.41. The van der Waals surface area contributed by atoms with Gasteiger partial charge in [0.15, 0.2) is 6.23 Å². The van der Waals surface area contributed by atoms with Gasteiger partial charge in [-0.3, -0.25) is 0 Å². The van der Waals surface area contributed by atoms with E-state index in [4.69, 9.17) is 4.74 Å². The van der Waals surface area contributed by atoms with Crippen LogP contribution in [-0.4, -0.2) is 20.9 Å². The second-order valence-electron chi connectivity index (χ2n) is 7.65. The molecule has 1 aromatic carbocycles. The molecule has 3 unspecified atom stereocenters. The predicted octanol–water partition coefficient (Wildman–Crippen LogP) is 3.96. The summed E-state index contributed by atoms with van der Waals surface area (Å²) in [5.41, 5.74) is 0.232. The van der Waals surface area contributed by atoms with E-state index in [9.17, 15) is 4.21 Å². The summed E-state index contributed by atoms with van der Waals surface area (Å²) in [4.78, 5) is 4.66. The van der Waals surface area contributed by atoms with Crippen molar-refractivity contribution in [1.29, 1.82) is 0 Å².